The highest BCUT2D eigenvalue weighted by molar-refractivity contribution is 9.10. The van der Waals surface area contributed by atoms with E-state index in [1.54, 1.807) is 0 Å². The zero-order chi connectivity index (χ0) is 11.7. The van der Waals surface area contributed by atoms with Gasteiger partial charge in [0.1, 0.15) is 0 Å². The van der Waals surface area contributed by atoms with Crippen molar-refractivity contribution in [3.05, 3.63) is 22.2 Å². The zero-order valence-corrected chi connectivity index (χ0v) is 11.0. The number of halogens is 1. The standard InChI is InChI=1S/C12H15BrO3/c1-3-7(2)11(14)8-4-9(13)12-10(5-8)15-6-16-12/h4-5,7,11,14H,3,6H2,1-2H3. The highest BCUT2D eigenvalue weighted by Crippen LogP contribution is 2.42. The molecule has 4 heteroatoms. The molecule has 0 spiro atoms. The quantitative estimate of drug-likeness (QED) is 0.927. The third kappa shape index (κ3) is 2.04. The van der Waals surface area contributed by atoms with Crippen LogP contribution in [0.5, 0.6) is 11.5 Å². The van der Waals surface area contributed by atoms with E-state index in [1.807, 2.05) is 19.1 Å². The minimum absolute atomic E-state index is 0.229. The van der Waals surface area contributed by atoms with Crippen LogP contribution in [0.3, 0.4) is 0 Å². The summed E-state index contributed by atoms with van der Waals surface area (Å²) in [7, 11) is 0. The van der Waals surface area contributed by atoms with Crippen molar-refractivity contribution < 1.29 is 14.6 Å². The summed E-state index contributed by atoms with van der Waals surface area (Å²) in [6.45, 7) is 4.34. The molecule has 16 heavy (non-hydrogen) atoms. The fraction of sp³-hybridized carbons (Fsp3) is 0.500. The Labute approximate surface area is 104 Å². The second-order valence-corrected chi connectivity index (χ2v) is 4.92. The van der Waals surface area contributed by atoms with E-state index in [4.69, 9.17) is 9.47 Å². The van der Waals surface area contributed by atoms with Gasteiger partial charge in [-0.05, 0) is 39.5 Å². The molecule has 1 aromatic rings. The minimum Gasteiger partial charge on any atom is -0.454 e. The Hall–Kier alpha value is -0.740. The van der Waals surface area contributed by atoms with Crippen LogP contribution in [0, 0.1) is 5.92 Å². The van der Waals surface area contributed by atoms with Crippen molar-refractivity contribution in [3.63, 3.8) is 0 Å². The Bertz CT molecular complexity index is 392. The summed E-state index contributed by atoms with van der Waals surface area (Å²) in [6.07, 6.45) is 0.476. The third-order valence-corrected chi connectivity index (χ3v) is 3.56. The van der Waals surface area contributed by atoms with Gasteiger partial charge in [-0.3, -0.25) is 0 Å². The number of benzene rings is 1. The third-order valence-electron chi connectivity index (χ3n) is 2.97. The molecule has 0 bridgehead atoms. The molecular formula is C12H15BrO3. The van der Waals surface area contributed by atoms with Crippen LogP contribution in [-0.4, -0.2) is 11.9 Å². The van der Waals surface area contributed by atoms with E-state index < -0.39 is 6.10 Å². The maximum absolute atomic E-state index is 10.1. The first-order chi connectivity index (χ1) is 7.63. The van der Waals surface area contributed by atoms with Crippen molar-refractivity contribution in [3.8, 4) is 11.5 Å². The fourth-order valence-electron chi connectivity index (χ4n) is 1.71. The summed E-state index contributed by atoms with van der Waals surface area (Å²) in [5.74, 6) is 1.65. The Morgan fingerprint density at radius 1 is 1.44 bits per heavy atom. The summed E-state index contributed by atoms with van der Waals surface area (Å²) in [4.78, 5) is 0. The average molecular weight is 287 g/mol. The largest absolute Gasteiger partial charge is 0.454 e. The lowest BCUT2D eigenvalue weighted by Gasteiger charge is -2.18. The smallest absolute Gasteiger partial charge is 0.231 e. The molecule has 1 aliphatic rings. The summed E-state index contributed by atoms with van der Waals surface area (Å²) in [5, 5.41) is 10.1. The normalized spacial score (nSPS) is 17.2. The van der Waals surface area contributed by atoms with Gasteiger partial charge in [0.15, 0.2) is 11.5 Å². The fourth-order valence-corrected chi connectivity index (χ4v) is 2.28. The number of rotatable bonds is 3. The van der Waals surface area contributed by atoms with Gasteiger partial charge < -0.3 is 14.6 Å². The molecular weight excluding hydrogens is 272 g/mol. The predicted molar refractivity (Wildman–Crippen MR) is 64.7 cm³/mol. The molecule has 0 fully saturated rings. The van der Waals surface area contributed by atoms with Crippen LogP contribution >= 0.6 is 15.9 Å². The van der Waals surface area contributed by atoms with Gasteiger partial charge in [0.2, 0.25) is 6.79 Å². The highest BCUT2D eigenvalue weighted by Gasteiger charge is 2.22. The molecule has 0 saturated heterocycles. The summed E-state index contributed by atoms with van der Waals surface area (Å²) in [5.41, 5.74) is 0.866. The maximum Gasteiger partial charge on any atom is 0.231 e. The van der Waals surface area contributed by atoms with Crippen molar-refractivity contribution in [1.82, 2.24) is 0 Å². The monoisotopic (exact) mass is 286 g/mol. The van der Waals surface area contributed by atoms with Crippen molar-refractivity contribution in [2.24, 2.45) is 5.92 Å². The molecule has 2 atom stereocenters. The van der Waals surface area contributed by atoms with E-state index >= 15 is 0 Å². The summed E-state index contributed by atoms with van der Waals surface area (Å²) >= 11 is 3.42. The van der Waals surface area contributed by atoms with Gasteiger partial charge >= 0.3 is 0 Å². The van der Waals surface area contributed by atoms with E-state index in [9.17, 15) is 5.11 Å². The summed E-state index contributed by atoms with van der Waals surface area (Å²) < 4.78 is 11.5. The van der Waals surface area contributed by atoms with Crippen molar-refractivity contribution in [1.29, 1.82) is 0 Å². The average Bonchev–Trinajstić information content (AvgIpc) is 2.75. The van der Waals surface area contributed by atoms with Crippen LogP contribution in [0.4, 0.5) is 0 Å². The Balaban J connectivity index is 2.33. The van der Waals surface area contributed by atoms with Crippen molar-refractivity contribution >= 4 is 15.9 Å². The number of hydrogen-bond acceptors (Lipinski definition) is 3. The SMILES string of the molecule is CCC(C)C(O)c1cc(Br)c2c(c1)OCO2. The second kappa shape index (κ2) is 4.63. The Morgan fingerprint density at radius 2 is 2.19 bits per heavy atom. The molecule has 88 valence electrons. The van der Waals surface area contributed by atoms with E-state index in [1.165, 1.54) is 0 Å². The molecule has 1 N–H and O–H groups in total. The first-order valence-electron chi connectivity index (χ1n) is 5.40. The molecule has 1 heterocycles. The predicted octanol–water partition coefficient (Wildman–Crippen LogP) is 3.26. The first kappa shape index (κ1) is 11.7. The van der Waals surface area contributed by atoms with Crippen LogP contribution in [0.25, 0.3) is 0 Å². The lowest BCUT2D eigenvalue weighted by molar-refractivity contribution is 0.115. The van der Waals surface area contributed by atoms with Gasteiger partial charge in [-0.25, -0.2) is 0 Å². The maximum atomic E-state index is 10.1. The number of ether oxygens (including phenoxy) is 2. The van der Waals surface area contributed by atoms with Gasteiger partial charge in [-0.1, -0.05) is 20.3 Å². The molecule has 3 nitrogen and oxygen atoms in total. The topological polar surface area (TPSA) is 38.7 Å². The molecule has 1 aliphatic heterocycles. The minimum atomic E-state index is -0.462. The van der Waals surface area contributed by atoms with E-state index in [-0.39, 0.29) is 12.7 Å². The molecule has 0 aliphatic carbocycles. The van der Waals surface area contributed by atoms with Crippen LogP contribution in [-0.2, 0) is 0 Å². The van der Waals surface area contributed by atoms with Gasteiger partial charge in [0.05, 0.1) is 10.6 Å². The lowest BCUT2D eigenvalue weighted by atomic mass is 9.95. The van der Waals surface area contributed by atoms with E-state index in [0.717, 1.165) is 22.2 Å². The number of aliphatic hydroxyl groups is 1. The Morgan fingerprint density at radius 3 is 2.88 bits per heavy atom. The first-order valence-corrected chi connectivity index (χ1v) is 6.20. The highest BCUT2D eigenvalue weighted by atomic mass is 79.9. The van der Waals surface area contributed by atoms with Crippen molar-refractivity contribution in [2.75, 3.05) is 6.79 Å². The summed E-state index contributed by atoms with van der Waals surface area (Å²) in [6, 6.07) is 3.74. The molecule has 2 rings (SSSR count). The van der Waals surface area contributed by atoms with Gasteiger partial charge in [0, 0.05) is 0 Å². The number of aliphatic hydroxyl groups excluding tert-OH is 1. The van der Waals surface area contributed by atoms with Crippen LogP contribution in [0.15, 0.2) is 16.6 Å². The van der Waals surface area contributed by atoms with Crippen LogP contribution < -0.4 is 9.47 Å². The van der Waals surface area contributed by atoms with Crippen molar-refractivity contribution in [2.45, 2.75) is 26.4 Å². The second-order valence-electron chi connectivity index (χ2n) is 4.07. The lowest BCUT2D eigenvalue weighted by Crippen LogP contribution is -2.08. The number of fused-ring (bicyclic) bond motifs is 1. The zero-order valence-electron chi connectivity index (χ0n) is 9.37. The van der Waals surface area contributed by atoms with Gasteiger partial charge in [-0.15, -0.1) is 0 Å². The molecule has 0 aromatic heterocycles. The van der Waals surface area contributed by atoms with Gasteiger partial charge in [0.25, 0.3) is 0 Å². The molecule has 0 radical (unpaired) electrons. The van der Waals surface area contributed by atoms with E-state index in [2.05, 4.69) is 22.9 Å². The molecule has 0 amide bonds. The van der Waals surface area contributed by atoms with Crippen LogP contribution in [0.1, 0.15) is 31.9 Å². The van der Waals surface area contributed by atoms with E-state index in [0.29, 0.717) is 5.75 Å². The number of hydrogen-bond donors (Lipinski definition) is 1. The Kier molecular flexibility index (Phi) is 3.40. The molecule has 0 saturated carbocycles. The molecule has 2 unspecified atom stereocenters. The van der Waals surface area contributed by atoms with Crippen LogP contribution in [0.2, 0.25) is 0 Å². The van der Waals surface area contributed by atoms with Gasteiger partial charge in [-0.2, -0.15) is 0 Å². The molecule has 1 aromatic carbocycles.